The lowest BCUT2D eigenvalue weighted by Crippen LogP contribution is -2.50. The van der Waals surface area contributed by atoms with Crippen LogP contribution in [0.15, 0.2) is 36.4 Å². The molecular weight excluding hydrogens is 452 g/mol. The van der Waals surface area contributed by atoms with E-state index in [9.17, 15) is 0 Å². The molecule has 0 radical (unpaired) electrons. The average Bonchev–Trinajstić information content (AvgIpc) is 3.42. The first-order valence-corrected chi connectivity index (χ1v) is 11.6. The number of allylic oxidation sites excluding steroid dienone is 1. The van der Waals surface area contributed by atoms with Crippen molar-refractivity contribution in [1.29, 1.82) is 0 Å². The highest BCUT2D eigenvalue weighted by molar-refractivity contribution is 6.37. The van der Waals surface area contributed by atoms with Crippen molar-refractivity contribution in [1.82, 2.24) is 30.5 Å². The van der Waals surface area contributed by atoms with E-state index in [1.165, 1.54) is 0 Å². The molecule has 0 spiro atoms. The molecule has 1 aliphatic heterocycles. The standard InChI is InChI=1S/C24H27ClN8O/c1-4-5-16-11-21(32-31-16)28-20-12-22(33-9-8-26-13-15(33)3)30-24(29-20)34-19-7-6-18-17(23(19)25)10-14(2)27-18/h4-7,10-12,15,26-27H,8-9,13H2,1-3H3,(H2,28,29,30,31,32)/b5-4+. The number of benzene rings is 1. The summed E-state index contributed by atoms with van der Waals surface area (Å²) in [6.07, 6.45) is 3.89. The van der Waals surface area contributed by atoms with Gasteiger partial charge in [0.25, 0.3) is 0 Å². The van der Waals surface area contributed by atoms with Crippen molar-refractivity contribution >= 4 is 46.0 Å². The molecule has 0 bridgehead atoms. The molecule has 1 atom stereocenters. The number of aromatic nitrogens is 5. The number of anilines is 3. The van der Waals surface area contributed by atoms with E-state index in [0.717, 1.165) is 47.7 Å². The quantitative estimate of drug-likeness (QED) is 0.308. The van der Waals surface area contributed by atoms with Crippen LogP contribution in [0, 0.1) is 6.92 Å². The number of nitrogens with one attached hydrogen (secondary N) is 4. The van der Waals surface area contributed by atoms with Crippen LogP contribution in [0.4, 0.5) is 17.5 Å². The van der Waals surface area contributed by atoms with E-state index in [4.69, 9.17) is 21.3 Å². The number of hydrogen-bond acceptors (Lipinski definition) is 7. The number of ether oxygens (including phenoxy) is 1. The maximum atomic E-state index is 6.66. The molecule has 10 heteroatoms. The Morgan fingerprint density at radius 1 is 1.21 bits per heavy atom. The number of aromatic amines is 2. The van der Waals surface area contributed by atoms with E-state index in [2.05, 4.69) is 42.6 Å². The largest absolute Gasteiger partial charge is 0.423 e. The predicted molar refractivity (Wildman–Crippen MR) is 136 cm³/mol. The first-order valence-electron chi connectivity index (χ1n) is 11.3. The van der Waals surface area contributed by atoms with Crippen LogP contribution in [0.3, 0.4) is 0 Å². The van der Waals surface area contributed by atoms with Crippen molar-refractivity contribution in [2.45, 2.75) is 26.8 Å². The summed E-state index contributed by atoms with van der Waals surface area (Å²) in [4.78, 5) is 14.9. The van der Waals surface area contributed by atoms with E-state index in [1.54, 1.807) is 0 Å². The Labute approximate surface area is 202 Å². The fourth-order valence-corrected chi connectivity index (χ4v) is 4.37. The van der Waals surface area contributed by atoms with Gasteiger partial charge in [-0.3, -0.25) is 5.10 Å². The third-order valence-corrected chi connectivity index (χ3v) is 6.12. The second-order valence-electron chi connectivity index (χ2n) is 8.37. The Bertz CT molecular complexity index is 1340. The van der Waals surface area contributed by atoms with Crippen molar-refractivity contribution in [3.8, 4) is 11.8 Å². The summed E-state index contributed by atoms with van der Waals surface area (Å²) >= 11 is 6.66. The fourth-order valence-electron chi connectivity index (χ4n) is 4.11. The molecule has 4 heterocycles. The molecule has 3 aromatic heterocycles. The zero-order valence-corrected chi connectivity index (χ0v) is 20.1. The van der Waals surface area contributed by atoms with Crippen LogP contribution in [0.5, 0.6) is 11.8 Å². The van der Waals surface area contributed by atoms with E-state index in [0.29, 0.717) is 22.4 Å². The number of hydrogen-bond donors (Lipinski definition) is 4. The number of piperazine rings is 1. The topological polar surface area (TPSA) is 107 Å². The molecule has 1 aliphatic rings. The lowest BCUT2D eigenvalue weighted by molar-refractivity contribution is 0.439. The number of aryl methyl sites for hydroxylation is 1. The van der Waals surface area contributed by atoms with Crippen LogP contribution >= 0.6 is 11.6 Å². The Balaban J connectivity index is 1.50. The summed E-state index contributed by atoms with van der Waals surface area (Å²) in [6, 6.07) is 10.1. The first kappa shape index (κ1) is 22.2. The van der Waals surface area contributed by atoms with Crippen LogP contribution in [0.25, 0.3) is 17.0 Å². The minimum Gasteiger partial charge on any atom is -0.423 e. The molecule has 176 valence electrons. The SMILES string of the molecule is C/C=C/c1cc(Nc2cc(N3CCNCC3C)nc(Oc3ccc4[nH]c(C)cc4c3Cl)n2)n[nH]1. The van der Waals surface area contributed by atoms with Gasteiger partial charge in [-0.1, -0.05) is 17.7 Å². The molecular formula is C24H27ClN8O. The molecule has 9 nitrogen and oxygen atoms in total. The smallest absolute Gasteiger partial charge is 0.325 e. The van der Waals surface area contributed by atoms with Gasteiger partial charge in [0.05, 0.1) is 10.7 Å². The van der Waals surface area contributed by atoms with Crippen LogP contribution < -0.4 is 20.3 Å². The van der Waals surface area contributed by atoms with E-state index < -0.39 is 0 Å². The van der Waals surface area contributed by atoms with Crippen molar-refractivity contribution in [2.24, 2.45) is 0 Å². The normalized spacial score (nSPS) is 16.5. The van der Waals surface area contributed by atoms with Gasteiger partial charge in [-0.2, -0.15) is 15.1 Å². The molecule has 0 amide bonds. The van der Waals surface area contributed by atoms with Gasteiger partial charge < -0.3 is 25.3 Å². The van der Waals surface area contributed by atoms with Gasteiger partial charge >= 0.3 is 6.01 Å². The van der Waals surface area contributed by atoms with Gasteiger partial charge in [-0.15, -0.1) is 0 Å². The Morgan fingerprint density at radius 3 is 2.91 bits per heavy atom. The maximum absolute atomic E-state index is 6.66. The molecule has 1 fully saturated rings. The molecule has 4 N–H and O–H groups in total. The number of rotatable bonds is 6. The molecule has 1 unspecified atom stereocenters. The third-order valence-electron chi connectivity index (χ3n) is 5.73. The lowest BCUT2D eigenvalue weighted by Gasteiger charge is -2.35. The van der Waals surface area contributed by atoms with E-state index in [-0.39, 0.29) is 12.1 Å². The van der Waals surface area contributed by atoms with Crippen molar-refractivity contribution in [3.05, 3.63) is 52.8 Å². The van der Waals surface area contributed by atoms with Crippen molar-refractivity contribution < 1.29 is 4.74 Å². The summed E-state index contributed by atoms with van der Waals surface area (Å²) < 4.78 is 6.13. The third kappa shape index (κ3) is 4.57. The highest BCUT2D eigenvalue weighted by Gasteiger charge is 2.22. The number of fused-ring (bicyclic) bond motifs is 1. The minimum absolute atomic E-state index is 0.212. The van der Waals surface area contributed by atoms with Gasteiger partial charge in [0, 0.05) is 54.4 Å². The summed E-state index contributed by atoms with van der Waals surface area (Å²) in [5.74, 6) is 2.51. The molecule has 0 saturated carbocycles. The van der Waals surface area contributed by atoms with Crippen molar-refractivity contribution in [2.75, 3.05) is 29.9 Å². The summed E-state index contributed by atoms with van der Waals surface area (Å²) in [7, 11) is 0. The summed E-state index contributed by atoms with van der Waals surface area (Å²) in [6.45, 7) is 8.71. The Kier molecular flexibility index (Phi) is 6.12. The highest BCUT2D eigenvalue weighted by atomic mass is 35.5. The molecule has 1 saturated heterocycles. The van der Waals surface area contributed by atoms with Gasteiger partial charge in [-0.05, 0) is 45.0 Å². The van der Waals surface area contributed by atoms with Crippen LogP contribution in [-0.4, -0.2) is 50.8 Å². The second-order valence-corrected chi connectivity index (χ2v) is 8.75. The van der Waals surface area contributed by atoms with E-state index in [1.807, 2.05) is 56.3 Å². The van der Waals surface area contributed by atoms with Gasteiger partial charge in [0.1, 0.15) is 17.4 Å². The molecule has 0 aliphatic carbocycles. The molecule has 34 heavy (non-hydrogen) atoms. The van der Waals surface area contributed by atoms with Crippen LogP contribution in [0.2, 0.25) is 5.02 Å². The number of nitrogens with zero attached hydrogens (tertiary/aromatic N) is 4. The van der Waals surface area contributed by atoms with Gasteiger partial charge in [0.15, 0.2) is 5.82 Å². The first-order chi connectivity index (χ1) is 16.5. The van der Waals surface area contributed by atoms with Crippen molar-refractivity contribution in [3.63, 3.8) is 0 Å². The summed E-state index contributed by atoms with van der Waals surface area (Å²) in [5.41, 5.74) is 2.88. The average molecular weight is 479 g/mol. The summed E-state index contributed by atoms with van der Waals surface area (Å²) in [5, 5.41) is 15.4. The molecule has 5 rings (SSSR count). The molecule has 4 aromatic rings. The Morgan fingerprint density at radius 2 is 2.09 bits per heavy atom. The second kappa shape index (κ2) is 9.36. The molecule has 1 aromatic carbocycles. The fraction of sp³-hybridized carbons (Fsp3) is 0.292. The predicted octanol–water partition coefficient (Wildman–Crippen LogP) is 5.01. The maximum Gasteiger partial charge on any atom is 0.325 e. The highest BCUT2D eigenvalue weighted by Crippen LogP contribution is 2.36. The zero-order chi connectivity index (χ0) is 23.7. The van der Waals surface area contributed by atoms with Gasteiger partial charge in [0.2, 0.25) is 0 Å². The number of H-pyrrole nitrogens is 2. The lowest BCUT2D eigenvalue weighted by atomic mass is 10.2. The van der Waals surface area contributed by atoms with Gasteiger partial charge in [-0.25, -0.2) is 0 Å². The minimum atomic E-state index is 0.212. The zero-order valence-electron chi connectivity index (χ0n) is 19.3. The van der Waals surface area contributed by atoms with Crippen LogP contribution in [-0.2, 0) is 0 Å². The monoisotopic (exact) mass is 478 g/mol. The van der Waals surface area contributed by atoms with E-state index >= 15 is 0 Å². The Hall–Kier alpha value is -3.56. The number of halogens is 1. The van der Waals surface area contributed by atoms with Crippen LogP contribution in [0.1, 0.15) is 25.2 Å².